The molecule has 1 rings (SSSR count). The average molecular weight is 287 g/mol. The molecule has 0 aromatic rings. The van der Waals surface area contributed by atoms with E-state index in [1.807, 2.05) is 20.8 Å². The molecule has 1 fully saturated rings. The van der Waals surface area contributed by atoms with Crippen LogP contribution in [-0.4, -0.2) is 61.5 Å². The Bertz CT molecular complexity index is 305. The van der Waals surface area contributed by atoms with Crippen LogP contribution in [0, 0.1) is 0 Å². The van der Waals surface area contributed by atoms with Crippen LogP contribution < -0.4 is 11.1 Å². The number of carbonyl (C=O) groups is 1. The van der Waals surface area contributed by atoms with Crippen molar-refractivity contribution in [3.05, 3.63) is 0 Å². The fourth-order valence-corrected chi connectivity index (χ4v) is 2.28. The Morgan fingerprint density at radius 3 is 2.80 bits per heavy atom. The average Bonchev–Trinajstić information content (AvgIpc) is 2.32. The number of amides is 1. The molecule has 3 N–H and O–H groups in total. The van der Waals surface area contributed by atoms with E-state index in [1.54, 1.807) is 0 Å². The number of hydrogen-bond acceptors (Lipinski definition) is 5. The highest BCUT2D eigenvalue weighted by molar-refractivity contribution is 5.67. The van der Waals surface area contributed by atoms with Gasteiger partial charge in [-0.1, -0.05) is 0 Å². The molecule has 1 amide bonds. The van der Waals surface area contributed by atoms with Crippen molar-refractivity contribution in [2.45, 2.75) is 51.9 Å². The maximum absolute atomic E-state index is 11.6. The molecule has 2 atom stereocenters. The number of ether oxygens (including phenoxy) is 2. The van der Waals surface area contributed by atoms with Crippen molar-refractivity contribution in [3.63, 3.8) is 0 Å². The van der Waals surface area contributed by atoms with Crippen LogP contribution in [0.15, 0.2) is 0 Å². The van der Waals surface area contributed by atoms with Gasteiger partial charge in [0.1, 0.15) is 5.60 Å². The number of morpholine rings is 1. The first-order valence-corrected chi connectivity index (χ1v) is 7.34. The molecule has 20 heavy (non-hydrogen) atoms. The molecule has 0 aromatic heterocycles. The van der Waals surface area contributed by atoms with Gasteiger partial charge in [-0.05, 0) is 34.1 Å². The first-order valence-electron chi connectivity index (χ1n) is 7.34. The molecular formula is C14H29N3O3. The Kier molecular flexibility index (Phi) is 6.71. The fourth-order valence-electron chi connectivity index (χ4n) is 2.28. The Morgan fingerprint density at radius 2 is 2.25 bits per heavy atom. The van der Waals surface area contributed by atoms with Crippen molar-refractivity contribution in [1.29, 1.82) is 0 Å². The largest absolute Gasteiger partial charge is 0.444 e. The summed E-state index contributed by atoms with van der Waals surface area (Å²) in [7, 11) is 0. The summed E-state index contributed by atoms with van der Waals surface area (Å²) in [6, 6.07) is 0.274. The molecule has 1 heterocycles. The van der Waals surface area contributed by atoms with E-state index < -0.39 is 5.60 Å². The van der Waals surface area contributed by atoms with Crippen LogP contribution in [0.5, 0.6) is 0 Å². The van der Waals surface area contributed by atoms with Gasteiger partial charge < -0.3 is 20.5 Å². The van der Waals surface area contributed by atoms with Gasteiger partial charge in [0.05, 0.1) is 12.7 Å². The predicted molar refractivity (Wildman–Crippen MR) is 78.7 cm³/mol. The molecule has 0 aliphatic carbocycles. The quantitative estimate of drug-likeness (QED) is 0.787. The molecule has 0 bridgehead atoms. The van der Waals surface area contributed by atoms with Crippen LogP contribution >= 0.6 is 0 Å². The van der Waals surface area contributed by atoms with Gasteiger partial charge in [0.25, 0.3) is 0 Å². The first kappa shape index (κ1) is 17.2. The van der Waals surface area contributed by atoms with Crippen molar-refractivity contribution in [2.24, 2.45) is 5.73 Å². The number of carbonyl (C=O) groups excluding carboxylic acids is 1. The molecule has 0 spiro atoms. The number of nitrogens with one attached hydrogen (secondary N) is 1. The third-order valence-corrected chi connectivity index (χ3v) is 3.21. The standard InChI is InChI=1S/C14H29N3O3/c1-11-10-17(7-8-19-11)12(9-15)5-6-16-13(18)20-14(2,3)4/h11-12H,5-10,15H2,1-4H3,(H,16,18). The molecule has 118 valence electrons. The summed E-state index contributed by atoms with van der Waals surface area (Å²) in [5, 5.41) is 2.78. The van der Waals surface area contributed by atoms with E-state index in [-0.39, 0.29) is 18.2 Å². The second kappa shape index (κ2) is 7.81. The number of nitrogens with zero attached hydrogens (tertiary/aromatic N) is 1. The normalized spacial score (nSPS) is 22.4. The van der Waals surface area contributed by atoms with Crippen molar-refractivity contribution in [1.82, 2.24) is 10.2 Å². The van der Waals surface area contributed by atoms with Gasteiger partial charge in [-0.2, -0.15) is 0 Å². The second-order valence-corrected chi connectivity index (χ2v) is 6.28. The smallest absolute Gasteiger partial charge is 0.407 e. The van der Waals surface area contributed by atoms with Crippen molar-refractivity contribution in [3.8, 4) is 0 Å². The number of hydrogen-bond donors (Lipinski definition) is 2. The first-order chi connectivity index (χ1) is 9.31. The van der Waals surface area contributed by atoms with E-state index in [2.05, 4.69) is 17.1 Å². The zero-order valence-corrected chi connectivity index (χ0v) is 13.1. The Balaban J connectivity index is 2.29. The maximum atomic E-state index is 11.6. The molecule has 0 radical (unpaired) electrons. The third-order valence-electron chi connectivity index (χ3n) is 3.21. The molecule has 1 saturated heterocycles. The molecular weight excluding hydrogens is 258 g/mol. The summed E-state index contributed by atoms with van der Waals surface area (Å²) in [5.74, 6) is 0. The summed E-state index contributed by atoms with van der Waals surface area (Å²) in [5.41, 5.74) is 5.38. The van der Waals surface area contributed by atoms with E-state index in [1.165, 1.54) is 0 Å². The third kappa shape index (κ3) is 6.54. The van der Waals surface area contributed by atoms with Crippen LogP contribution in [0.3, 0.4) is 0 Å². The highest BCUT2D eigenvalue weighted by atomic mass is 16.6. The summed E-state index contributed by atoms with van der Waals surface area (Å²) < 4.78 is 10.7. The van der Waals surface area contributed by atoms with Crippen molar-refractivity contribution < 1.29 is 14.3 Å². The Labute approximate surface area is 122 Å². The minimum Gasteiger partial charge on any atom is -0.444 e. The van der Waals surface area contributed by atoms with Crippen LogP contribution in [0.1, 0.15) is 34.1 Å². The number of rotatable bonds is 5. The summed E-state index contributed by atoms with van der Waals surface area (Å²) in [4.78, 5) is 13.9. The highest BCUT2D eigenvalue weighted by Crippen LogP contribution is 2.11. The molecule has 1 aliphatic heterocycles. The van der Waals surface area contributed by atoms with E-state index in [0.717, 1.165) is 26.1 Å². The minimum atomic E-state index is -0.461. The predicted octanol–water partition coefficient (Wildman–Crippen LogP) is 0.949. The maximum Gasteiger partial charge on any atom is 0.407 e. The summed E-state index contributed by atoms with van der Waals surface area (Å²) in [6.45, 7) is 11.3. The molecule has 0 aromatic carbocycles. The molecule has 6 nitrogen and oxygen atoms in total. The van der Waals surface area contributed by atoms with Gasteiger partial charge in [-0.25, -0.2) is 4.79 Å². The van der Waals surface area contributed by atoms with Gasteiger partial charge in [-0.15, -0.1) is 0 Å². The van der Waals surface area contributed by atoms with Crippen LogP contribution in [0.4, 0.5) is 4.79 Å². The van der Waals surface area contributed by atoms with Crippen LogP contribution in [0.25, 0.3) is 0 Å². The van der Waals surface area contributed by atoms with Crippen molar-refractivity contribution in [2.75, 3.05) is 32.8 Å². The molecule has 6 heteroatoms. The Hall–Kier alpha value is -0.850. The monoisotopic (exact) mass is 287 g/mol. The van der Waals surface area contributed by atoms with Gasteiger partial charge in [0.15, 0.2) is 0 Å². The van der Waals surface area contributed by atoms with Gasteiger partial charge in [0, 0.05) is 32.2 Å². The van der Waals surface area contributed by atoms with Gasteiger partial charge in [0.2, 0.25) is 0 Å². The molecule has 1 aliphatic rings. The van der Waals surface area contributed by atoms with E-state index in [4.69, 9.17) is 15.2 Å². The lowest BCUT2D eigenvalue weighted by atomic mass is 10.1. The fraction of sp³-hybridized carbons (Fsp3) is 0.929. The minimum absolute atomic E-state index is 0.247. The molecule has 2 unspecified atom stereocenters. The van der Waals surface area contributed by atoms with E-state index >= 15 is 0 Å². The molecule has 0 saturated carbocycles. The Morgan fingerprint density at radius 1 is 1.55 bits per heavy atom. The lowest BCUT2D eigenvalue weighted by molar-refractivity contribution is -0.0338. The highest BCUT2D eigenvalue weighted by Gasteiger charge is 2.23. The van der Waals surface area contributed by atoms with Gasteiger partial charge in [-0.3, -0.25) is 4.90 Å². The summed E-state index contributed by atoms with van der Waals surface area (Å²) in [6.07, 6.45) is 0.697. The van der Waals surface area contributed by atoms with E-state index in [9.17, 15) is 4.79 Å². The zero-order valence-electron chi connectivity index (χ0n) is 13.1. The summed E-state index contributed by atoms with van der Waals surface area (Å²) >= 11 is 0. The van der Waals surface area contributed by atoms with E-state index in [0.29, 0.717) is 13.1 Å². The lowest BCUT2D eigenvalue weighted by Crippen LogP contribution is -2.50. The van der Waals surface area contributed by atoms with Gasteiger partial charge >= 0.3 is 6.09 Å². The van der Waals surface area contributed by atoms with Crippen LogP contribution in [-0.2, 0) is 9.47 Å². The zero-order chi connectivity index (χ0) is 15.2. The second-order valence-electron chi connectivity index (χ2n) is 6.28. The number of alkyl carbamates (subject to hydrolysis) is 1. The SMILES string of the molecule is CC1CN(C(CN)CCNC(=O)OC(C)(C)C)CCO1. The topological polar surface area (TPSA) is 76.8 Å². The lowest BCUT2D eigenvalue weighted by Gasteiger charge is -2.36. The number of nitrogens with two attached hydrogens (primary N) is 1. The van der Waals surface area contributed by atoms with Crippen molar-refractivity contribution >= 4 is 6.09 Å². The van der Waals surface area contributed by atoms with Crippen LogP contribution in [0.2, 0.25) is 0 Å².